The number of ether oxygens (including phenoxy) is 1. The lowest BCUT2D eigenvalue weighted by Crippen LogP contribution is -2.23. The van der Waals surface area contributed by atoms with E-state index in [2.05, 4.69) is 51.2 Å². The standard InChI is InChI=1S/C19H31NO/c1-5-7-8-9-17(20-12-6-2)15-10-11-18-16(13-15)19(3,4)14-21-18/h10-11,13,17,20H,5-9,12,14H2,1-4H3. The van der Waals surface area contributed by atoms with Crippen LogP contribution >= 0.6 is 0 Å². The largest absolute Gasteiger partial charge is 0.492 e. The molecular formula is C19H31NO. The zero-order valence-electron chi connectivity index (χ0n) is 14.2. The number of benzene rings is 1. The van der Waals surface area contributed by atoms with Crippen LogP contribution in [0.5, 0.6) is 5.75 Å². The van der Waals surface area contributed by atoms with E-state index >= 15 is 0 Å². The Morgan fingerprint density at radius 3 is 2.71 bits per heavy atom. The molecule has 1 unspecified atom stereocenters. The molecular weight excluding hydrogens is 258 g/mol. The van der Waals surface area contributed by atoms with Gasteiger partial charge in [0.25, 0.3) is 0 Å². The Morgan fingerprint density at radius 2 is 2.00 bits per heavy atom. The zero-order valence-corrected chi connectivity index (χ0v) is 14.2. The van der Waals surface area contributed by atoms with E-state index in [0.717, 1.165) is 18.9 Å². The fraction of sp³-hybridized carbons (Fsp3) is 0.684. The average molecular weight is 289 g/mol. The summed E-state index contributed by atoms with van der Waals surface area (Å²) in [5.74, 6) is 1.08. The number of rotatable bonds is 8. The normalized spacial score (nSPS) is 17.3. The summed E-state index contributed by atoms with van der Waals surface area (Å²) in [6.45, 7) is 10.9. The molecule has 1 aliphatic rings. The summed E-state index contributed by atoms with van der Waals surface area (Å²) >= 11 is 0. The summed E-state index contributed by atoms with van der Waals surface area (Å²) in [7, 11) is 0. The minimum absolute atomic E-state index is 0.143. The van der Waals surface area contributed by atoms with Crippen molar-refractivity contribution in [3.63, 3.8) is 0 Å². The summed E-state index contributed by atoms with van der Waals surface area (Å²) in [6, 6.07) is 7.28. The molecule has 0 aromatic heterocycles. The summed E-state index contributed by atoms with van der Waals surface area (Å²) in [5.41, 5.74) is 2.94. The molecule has 0 radical (unpaired) electrons. The van der Waals surface area contributed by atoms with E-state index in [-0.39, 0.29) is 5.41 Å². The predicted molar refractivity (Wildman–Crippen MR) is 90.1 cm³/mol. The van der Waals surface area contributed by atoms with Crippen LogP contribution < -0.4 is 10.1 Å². The molecule has 1 N–H and O–H groups in total. The Kier molecular flexibility index (Phi) is 5.69. The van der Waals surface area contributed by atoms with E-state index in [0.29, 0.717) is 6.04 Å². The van der Waals surface area contributed by atoms with Gasteiger partial charge in [-0.25, -0.2) is 0 Å². The molecule has 0 bridgehead atoms. The molecule has 0 saturated heterocycles. The van der Waals surface area contributed by atoms with Crippen molar-refractivity contribution in [1.29, 1.82) is 0 Å². The van der Waals surface area contributed by atoms with Crippen molar-refractivity contribution < 1.29 is 4.74 Å². The molecule has 2 rings (SSSR count). The van der Waals surface area contributed by atoms with Gasteiger partial charge in [0, 0.05) is 17.0 Å². The lowest BCUT2D eigenvalue weighted by molar-refractivity contribution is 0.291. The fourth-order valence-electron chi connectivity index (χ4n) is 3.06. The highest BCUT2D eigenvalue weighted by Gasteiger charge is 2.32. The smallest absolute Gasteiger partial charge is 0.123 e. The third kappa shape index (κ3) is 4.00. The van der Waals surface area contributed by atoms with Crippen LogP contribution in [0.3, 0.4) is 0 Å². The lowest BCUT2D eigenvalue weighted by atomic mass is 9.85. The Labute approximate surface area is 130 Å². The molecule has 1 atom stereocenters. The van der Waals surface area contributed by atoms with E-state index in [1.165, 1.54) is 43.2 Å². The first kappa shape index (κ1) is 16.4. The topological polar surface area (TPSA) is 21.3 Å². The van der Waals surface area contributed by atoms with Gasteiger partial charge in [-0.05, 0) is 37.1 Å². The summed E-state index contributed by atoms with van der Waals surface area (Å²) in [5, 5.41) is 3.72. The fourth-order valence-corrected chi connectivity index (χ4v) is 3.06. The van der Waals surface area contributed by atoms with Crippen molar-refractivity contribution >= 4 is 0 Å². The SMILES string of the molecule is CCCCCC(NCCC)c1ccc2c(c1)C(C)(C)CO2. The first-order chi connectivity index (χ1) is 10.1. The van der Waals surface area contributed by atoms with Crippen molar-refractivity contribution in [2.75, 3.05) is 13.2 Å². The van der Waals surface area contributed by atoms with Gasteiger partial charge in [-0.15, -0.1) is 0 Å². The number of unbranched alkanes of at least 4 members (excludes halogenated alkanes) is 2. The molecule has 2 heteroatoms. The van der Waals surface area contributed by atoms with Crippen LogP contribution in [0, 0.1) is 0 Å². The van der Waals surface area contributed by atoms with Crippen LogP contribution in [0.4, 0.5) is 0 Å². The van der Waals surface area contributed by atoms with Gasteiger partial charge in [-0.1, -0.05) is 53.0 Å². The molecule has 1 aromatic rings. The highest BCUT2D eigenvalue weighted by Crippen LogP contribution is 2.40. The van der Waals surface area contributed by atoms with Gasteiger partial charge < -0.3 is 10.1 Å². The molecule has 1 aromatic carbocycles. The second kappa shape index (κ2) is 7.31. The number of nitrogens with one attached hydrogen (secondary N) is 1. The van der Waals surface area contributed by atoms with Crippen molar-refractivity contribution in [3.8, 4) is 5.75 Å². The molecule has 1 heterocycles. The maximum Gasteiger partial charge on any atom is 0.123 e. The minimum Gasteiger partial charge on any atom is -0.492 e. The van der Waals surface area contributed by atoms with Crippen LogP contribution in [-0.2, 0) is 5.41 Å². The molecule has 0 saturated carbocycles. The van der Waals surface area contributed by atoms with E-state index < -0.39 is 0 Å². The van der Waals surface area contributed by atoms with Crippen LogP contribution in [0.2, 0.25) is 0 Å². The molecule has 0 fully saturated rings. The van der Waals surface area contributed by atoms with Crippen LogP contribution in [-0.4, -0.2) is 13.2 Å². The summed E-state index contributed by atoms with van der Waals surface area (Å²) in [4.78, 5) is 0. The van der Waals surface area contributed by atoms with Crippen molar-refractivity contribution in [2.24, 2.45) is 0 Å². The Bertz CT molecular complexity index is 453. The number of hydrogen-bond acceptors (Lipinski definition) is 2. The second-order valence-electron chi connectivity index (χ2n) is 6.93. The zero-order chi connectivity index (χ0) is 15.3. The average Bonchev–Trinajstić information content (AvgIpc) is 2.78. The molecule has 118 valence electrons. The van der Waals surface area contributed by atoms with Crippen LogP contribution in [0.15, 0.2) is 18.2 Å². The van der Waals surface area contributed by atoms with Crippen molar-refractivity contribution in [3.05, 3.63) is 29.3 Å². The first-order valence-corrected chi connectivity index (χ1v) is 8.59. The van der Waals surface area contributed by atoms with Gasteiger partial charge in [0.15, 0.2) is 0 Å². The molecule has 0 spiro atoms. The monoisotopic (exact) mass is 289 g/mol. The molecule has 0 aliphatic carbocycles. The maximum atomic E-state index is 5.81. The van der Waals surface area contributed by atoms with E-state index in [9.17, 15) is 0 Å². The first-order valence-electron chi connectivity index (χ1n) is 8.59. The van der Waals surface area contributed by atoms with E-state index in [1.54, 1.807) is 0 Å². The highest BCUT2D eigenvalue weighted by molar-refractivity contribution is 5.45. The minimum atomic E-state index is 0.143. The van der Waals surface area contributed by atoms with E-state index in [1.807, 2.05) is 0 Å². The van der Waals surface area contributed by atoms with E-state index in [4.69, 9.17) is 4.74 Å². The third-order valence-corrected chi connectivity index (χ3v) is 4.46. The molecule has 21 heavy (non-hydrogen) atoms. The van der Waals surface area contributed by atoms with Crippen molar-refractivity contribution in [1.82, 2.24) is 5.32 Å². The molecule has 2 nitrogen and oxygen atoms in total. The molecule has 1 aliphatic heterocycles. The second-order valence-corrected chi connectivity index (χ2v) is 6.93. The van der Waals surface area contributed by atoms with Crippen LogP contribution in [0.1, 0.15) is 77.0 Å². The van der Waals surface area contributed by atoms with Gasteiger partial charge in [0.05, 0.1) is 6.61 Å². The van der Waals surface area contributed by atoms with Gasteiger partial charge in [-0.3, -0.25) is 0 Å². The quantitative estimate of drug-likeness (QED) is 0.682. The third-order valence-electron chi connectivity index (χ3n) is 4.46. The Hall–Kier alpha value is -1.02. The maximum absolute atomic E-state index is 5.81. The number of fused-ring (bicyclic) bond motifs is 1. The predicted octanol–water partition coefficient (Wildman–Crippen LogP) is 4.98. The summed E-state index contributed by atoms with van der Waals surface area (Å²) in [6.07, 6.45) is 6.32. The van der Waals surface area contributed by atoms with Crippen LogP contribution in [0.25, 0.3) is 0 Å². The highest BCUT2D eigenvalue weighted by atomic mass is 16.5. The molecule has 0 amide bonds. The Morgan fingerprint density at radius 1 is 1.19 bits per heavy atom. The van der Waals surface area contributed by atoms with Gasteiger partial charge >= 0.3 is 0 Å². The lowest BCUT2D eigenvalue weighted by Gasteiger charge is -2.22. The van der Waals surface area contributed by atoms with Gasteiger partial charge in [0.1, 0.15) is 5.75 Å². The summed E-state index contributed by atoms with van der Waals surface area (Å²) < 4.78 is 5.81. The Balaban J connectivity index is 2.15. The van der Waals surface area contributed by atoms with Gasteiger partial charge in [0.2, 0.25) is 0 Å². The van der Waals surface area contributed by atoms with Gasteiger partial charge in [-0.2, -0.15) is 0 Å². The number of hydrogen-bond donors (Lipinski definition) is 1. The van der Waals surface area contributed by atoms with Crippen molar-refractivity contribution in [2.45, 2.75) is 71.3 Å².